The Kier molecular flexibility index (Phi) is 4.65. The van der Waals surface area contributed by atoms with E-state index in [1.54, 1.807) is 19.3 Å². The Labute approximate surface area is 116 Å². The van der Waals surface area contributed by atoms with E-state index in [4.69, 9.17) is 4.74 Å². The van der Waals surface area contributed by atoms with E-state index in [9.17, 15) is 9.18 Å². The van der Waals surface area contributed by atoms with Crippen molar-refractivity contribution in [2.24, 2.45) is 0 Å². The number of carbonyl (C=O) groups excluding carboxylic acids is 1. The van der Waals surface area contributed by atoms with Crippen molar-refractivity contribution in [3.05, 3.63) is 60.2 Å². The summed E-state index contributed by atoms with van der Waals surface area (Å²) in [6.07, 6.45) is 2.68. The van der Waals surface area contributed by atoms with Gasteiger partial charge in [0.2, 0.25) is 0 Å². The minimum Gasteiger partial charge on any atom is -0.481 e. The highest BCUT2D eigenvalue weighted by Crippen LogP contribution is 2.13. The molecule has 1 aromatic carbocycles. The minimum atomic E-state index is -0.651. The van der Waals surface area contributed by atoms with E-state index in [1.807, 2.05) is 12.1 Å². The van der Waals surface area contributed by atoms with Crippen LogP contribution in [0, 0.1) is 5.82 Å². The Morgan fingerprint density at radius 1 is 1.25 bits per heavy atom. The lowest BCUT2D eigenvalue weighted by atomic mass is 10.2. The molecule has 5 heteroatoms. The standard InChI is InChI=1S/C15H15FN2O2/c1-11(20-14-4-2-13(16)3-5-14)15(19)18-10-12-6-8-17-9-7-12/h2-9,11H,10H2,1H3,(H,18,19)/t11-/m0/s1. The van der Waals surface area contributed by atoms with E-state index in [0.717, 1.165) is 5.56 Å². The first-order valence-corrected chi connectivity index (χ1v) is 6.24. The molecular weight excluding hydrogens is 259 g/mol. The summed E-state index contributed by atoms with van der Waals surface area (Å²) in [6, 6.07) is 9.20. The SMILES string of the molecule is C[C@H](Oc1ccc(F)cc1)C(=O)NCc1ccncc1. The molecular formula is C15H15FN2O2. The van der Waals surface area contributed by atoms with Crippen LogP contribution in [-0.2, 0) is 11.3 Å². The van der Waals surface area contributed by atoms with Gasteiger partial charge in [0.05, 0.1) is 0 Å². The zero-order chi connectivity index (χ0) is 14.4. The van der Waals surface area contributed by atoms with Crippen LogP contribution in [0.2, 0.25) is 0 Å². The molecule has 0 radical (unpaired) electrons. The molecule has 0 aliphatic rings. The molecule has 1 N–H and O–H groups in total. The maximum atomic E-state index is 12.8. The summed E-state index contributed by atoms with van der Waals surface area (Å²) in [5.74, 6) is -0.115. The molecule has 2 aromatic rings. The van der Waals surface area contributed by atoms with Gasteiger partial charge in [-0.3, -0.25) is 9.78 Å². The number of hydrogen-bond donors (Lipinski definition) is 1. The summed E-state index contributed by atoms with van der Waals surface area (Å²) < 4.78 is 18.2. The zero-order valence-corrected chi connectivity index (χ0v) is 11.0. The summed E-state index contributed by atoms with van der Waals surface area (Å²) in [7, 11) is 0. The molecule has 4 nitrogen and oxygen atoms in total. The number of nitrogens with one attached hydrogen (secondary N) is 1. The van der Waals surface area contributed by atoms with Crippen molar-refractivity contribution >= 4 is 5.91 Å². The van der Waals surface area contributed by atoms with Crippen LogP contribution < -0.4 is 10.1 Å². The van der Waals surface area contributed by atoms with Gasteiger partial charge in [-0.15, -0.1) is 0 Å². The molecule has 0 unspecified atom stereocenters. The molecule has 1 aromatic heterocycles. The van der Waals surface area contributed by atoms with Crippen LogP contribution in [0.5, 0.6) is 5.75 Å². The van der Waals surface area contributed by atoms with Gasteiger partial charge in [-0.25, -0.2) is 4.39 Å². The van der Waals surface area contributed by atoms with E-state index >= 15 is 0 Å². The lowest BCUT2D eigenvalue weighted by Gasteiger charge is -2.14. The number of amides is 1. The summed E-state index contributed by atoms with van der Waals surface area (Å²) >= 11 is 0. The quantitative estimate of drug-likeness (QED) is 0.910. The van der Waals surface area contributed by atoms with Crippen molar-refractivity contribution < 1.29 is 13.9 Å². The fourth-order valence-electron chi connectivity index (χ4n) is 1.60. The van der Waals surface area contributed by atoms with Crippen LogP contribution in [-0.4, -0.2) is 17.0 Å². The average Bonchev–Trinajstić information content (AvgIpc) is 2.48. The highest BCUT2D eigenvalue weighted by atomic mass is 19.1. The third-order valence-corrected chi connectivity index (χ3v) is 2.71. The second-order valence-electron chi connectivity index (χ2n) is 4.29. The molecule has 0 saturated heterocycles. The maximum Gasteiger partial charge on any atom is 0.261 e. The lowest BCUT2D eigenvalue weighted by Crippen LogP contribution is -2.35. The molecule has 1 amide bonds. The summed E-state index contributed by atoms with van der Waals surface area (Å²) in [4.78, 5) is 15.8. The number of hydrogen-bond acceptors (Lipinski definition) is 3. The summed E-state index contributed by atoms with van der Waals surface area (Å²) in [6.45, 7) is 2.06. The van der Waals surface area contributed by atoms with Crippen LogP contribution in [0.3, 0.4) is 0 Å². The predicted octanol–water partition coefficient (Wildman–Crippen LogP) is 2.30. The van der Waals surface area contributed by atoms with E-state index in [-0.39, 0.29) is 11.7 Å². The fourth-order valence-corrected chi connectivity index (χ4v) is 1.60. The van der Waals surface area contributed by atoms with Crippen molar-refractivity contribution in [2.75, 3.05) is 0 Å². The molecule has 0 aliphatic carbocycles. The Morgan fingerprint density at radius 3 is 2.55 bits per heavy atom. The smallest absolute Gasteiger partial charge is 0.261 e. The number of pyridine rings is 1. The number of aromatic nitrogens is 1. The fraction of sp³-hybridized carbons (Fsp3) is 0.200. The van der Waals surface area contributed by atoms with Crippen molar-refractivity contribution in [1.82, 2.24) is 10.3 Å². The topological polar surface area (TPSA) is 51.2 Å². The second-order valence-corrected chi connectivity index (χ2v) is 4.29. The highest BCUT2D eigenvalue weighted by molar-refractivity contribution is 5.80. The molecule has 0 saturated carbocycles. The van der Waals surface area contributed by atoms with Gasteiger partial charge in [0.1, 0.15) is 11.6 Å². The Balaban J connectivity index is 1.84. The van der Waals surface area contributed by atoms with Crippen molar-refractivity contribution in [1.29, 1.82) is 0 Å². The minimum absolute atomic E-state index is 0.230. The highest BCUT2D eigenvalue weighted by Gasteiger charge is 2.14. The van der Waals surface area contributed by atoms with E-state index in [0.29, 0.717) is 12.3 Å². The normalized spacial score (nSPS) is 11.7. The number of benzene rings is 1. The predicted molar refractivity (Wildman–Crippen MR) is 72.6 cm³/mol. The Hall–Kier alpha value is -2.43. The first-order valence-electron chi connectivity index (χ1n) is 6.24. The van der Waals surface area contributed by atoms with Gasteiger partial charge < -0.3 is 10.1 Å². The Bertz CT molecular complexity index is 558. The van der Waals surface area contributed by atoms with Crippen molar-refractivity contribution in [3.63, 3.8) is 0 Å². The number of nitrogens with zero attached hydrogens (tertiary/aromatic N) is 1. The van der Waals surface area contributed by atoms with Crippen LogP contribution in [0.1, 0.15) is 12.5 Å². The molecule has 1 heterocycles. The van der Waals surface area contributed by atoms with E-state index in [2.05, 4.69) is 10.3 Å². The number of halogens is 1. The van der Waals surface area contributed by atoms with Gasteiger partial charge in [-0.05, 0) is 48.9 Å². The monoisotopic (exact) mass is 274 g/mol. The van der Waals surface area contributed by atoms with E-state index in [1.165, 1.54) is 24.3 Å². The first-order chi connectivity index (χ1) is 9.65. The van der Waals surface area contributed by atoms with Gasteiger partial charge in [0.25, 0.3) is 5.91 Å². The number of rotatable bonds is 5. The van der Waals surface area contributed by atoms with Crippen LogP contribution in [0.15, 0.2) is 48.8 Å². The summed E-state index contributed by atoms with van der Waals surface area (Å²) in [5.41, 5.74) is 0.960. The average molecular weight is 274 g/mol. The summed E-state index contributed by atoms with van der Waals surface area (Å²) in [5, 5.41) is 2.76. The van der Waals surface area contributed by atoms with Crippen molar-refractivity contribution in [3.8, 4) is 5.75 Å². The lowest BCUT2D eigenvalue weighted by molar-refractivity contribution is -0.127. The Morgan fingerprint density at radius 2 is 1.90 bits per heavy atom. The molecule has 0 fully saturated rings. The molecule has 104 valence electrons. The molecule has 0 spiro atoms. The molecule has 0 aliphatic heterocycles. The molecule has 1 atom stereocenters. The largest absolute Gasteiger partial charge is 0.481 e. The second kappa shape index (κ2) is 6.65. The van der Waals surface area contributed by atoms with Gasteiger partial charge >= 0.3 is 0 Å². The van der Waals surface area contributed by atoms with Gasteiger partial charge in [-0.1, -0.05) is 0 Å². The van der Waals surface area contributed by atoms with Crippen molar-refractivity contribution in [2.45, 2.75) is 19.6 Å². The van der Waals surface area contributed by atoms with Gasteiger partial charge in [0.15, 0.2) is 6.10 Å². The maximum absolute atomic E-state index is 12.8. The number of ether oxygens (including phenoxy) is 1. The first kappa shape index (κ1) is 14.0. The van der Waals surface area contributed by atoms with Gasteiger partial charge in [-0.2, -0.15) is 0 Å². The van der Waals surface area contributed by atoms with Crippen LogP contribution >= 0.6 is 0 Å². The van der Waals surface area contributed by atoms with Crippen LogP contribution in [0.4, 0.5) is 4.39 Å². The van der Waals surface area contributed by atoms with Crippen LogP contribution in [0.25, 0.3) is 0 Å². The third-order valence-electron chi connectivity index (χ3n) is 2.71. The molecule has 20 heavy (non-hydrogen) atoms. The molecule has 2 rings (SSSR count). The van der Waals surface area contributed by atoms with E-state index < -0.39 is 6.10 Å². The zero-order valence-electron chi connectivity index (χ0n) is 11.0. The molecule has 0 bridgehead atoms. The number of carbonyl (C=O) groups is 1. The third kappa shape index (κ3) is 4.05. The van der Waals surface area contributed by atoms with Gasteiger partial charge in [0, 0.05) is 18.9 Å².